The third kappa shape index (κ3) is 7.86. The van der Waals surface area contributed by atoms with Gasteiger partial charge in [-0.15, -0.1) is 0 Å². The van der Waals surface area contributed by atoms with Crippen LogP contribution >= 0.6 is 11.6 Å². The largest absolute Gasteiger partial charge is 0.489 e. The number of amides is 4. The molecule has 0 radical (unpaired) electrons. The molecular weight excluding hydrogens is 472 g/mol. The first-order valence-electron chi connectivity index (χ1n) is 10.5. The Balaban J connectivity index is 1.59. The van der Waals surface area contributed by atoms with Crippen LogP contribution < -0.4 is 26.2 Å². The quantitative estimate of drug-likeness (QED) is 0.370. The first-order chi connectivity index (χ1) is 16.7. The van der Waals surface area contributed by atoms with Gasteiger partial charge in [-0.2, -0.15) is 0 Å². The lowest BCUT2D eigenvalue weighted by atomic mass is 10.1. The summed E-state index contributed by atoms with van der Waals surface area (Å²) in [6, 6.07) is 18.0. The molecule has 0 aliphatic rings. The molecule has 0 atom stereocenters. The van der Waals surface area contributed by atoms with Crippen molar-refractivity contribution in [2.45, 2.75) is 20.5 Å². The summed E-state index contributed by atoms with van der Waals surface area (Å²) in [5.41, 5.74) is 6.59. The van der Waals surface area contributed by atoms with Gasteiger partial charge >= 0.3 is 0 Å². The zero-order valence-electron chi connectivity index (χ0n) is 19.0. The topological polar surface area (TPSA) is 126 Å². The van der Waals surface area contributed by atoms with Gasteiger partial charge in [-0.3, -0.25) is 30.0 Å². The number of anilines is 2. The first-order valence-corrected chi connectivity index (χ1v) is 10.9. The van der Waals surface area contributed by atoms with Crippen molar-refractivity contribution < 1.29 is 23.9 Å². The van der Waals surface area contributed by atoms with Crippen molar-refractivity contribution in [1.29, 1.82) is 0 Å². The van der Waals surface area contributed by atoms with Gasteiger partial charge in [-0.1, -0.05) is 23.7 Å². The predicted octanol–water partition coefficient (Wildman–Crippen LogP) is 3.91. The van der Waals surface area contributed by atoms with Crippen LogP contribution in [-0.4, -0.2) is 23.6 Å². The van der Waals surface area contributed by atoms with E-state index in [9.17, 15) is 19.2 Å². The van der Waals surface area contributed by atoms with Crippen LogP contribution in [0.2, 0.25) is 5.02 Å². The molecule has 3 rings (SSSR count). The number of carbonyl (C=O) groups is 4. The molecule has 180 valence electrons. The fourth-order valence-electron chi connectivity index (χ4n) is 3.02. The average molecular weight is 495 g/mol. The van der Waals surface area contributed by atoms with Gasteiger partial charge in [0, 0.05) is 41.4 Å². The number of hydrogen-bond acceptors (Lipinski definition) is 5. The molecule has 0 aliphatic carbocycles. The zero-order valence-corrected chi connectivity index (χ0v) is 19.7. The van der Waals surface area contributed by atoms with E-state index >= 15 is 0 Å². The van der Waals surface area contributed by atoms with Crippen molar-refractivity contribution in [2.24, 2.45) is 0 Å². The van der Waals surface area contributed by atoms with Gasteiger partial charge in [-0.05, 0) is 60.2 Å². The summed E-state index contributed by atoms with van der Waals surface area (Å²) in [7, 11) is 0. The molecule has 4 N–H and O–H groups in total. The normalized spacial score (nSPS) is 10.1. The van der Waals surface area contributed by atoms with Crippen molar-refractivity contribution in [3.63, 3.8) is 0 Å². The van der Waals surface area contributed by atoms with Crippen LogP contribution in [0.1, 0.15) is 40.1 Å². The molecule has 0 aromatic heterocycles. The highest BCUT2D eigenvalue weighted by Gasteiger charge is 2.13. The Hall–Kier alpha value is -4.37. The van der Waals surface area contributed by atoms with E-state index in [4.69, 9.17) is 16.3 Å². The van der Waals surface area contributed by atoms with Gasteiger partial charge in [0.1, 0.15) is 12.4 Å². The highest BCUT2D eigenvalue weighted by Crippen LogP contribution is 2.20. The van der Waals surface area contributed by atoms with Crippen molar-refractivity contribution in [3.05, 3.63) is 88.4 Å². The lowest BCUT2D eigenvalue weighted by molar-refractivity contribution is -0.115. The monoisotopic (exact) mass is 494 g/mol. The maximum atomic E-state index is 12.6. The highest BCUT2D eigenvalue weighted by molar-refractivity contribution is 6.30. The number of hydrazine groups is 1. The summed E-state index contributed by atoms with van der Waals surface area (Å²) in [6.45, 7) is 2.95. The number of ether oxygens (including phenoxy) is 1. The van der Waals surface area contributed by atoms with Crippen LogP contribution in [0.4, 0.5) is 11.4 Å². The van der Waals surface area contributed by atoms with Gasteiger partial charge < -0.3 is 15.4 Å². The second-order valence-electron chi connectivity index (χ2n) is 7.51. The molecule has 0 fully saturated rings. The zero-order chi connectivity index (χ0) is 25.4. The first kappa shape index (κ1) is 25.3. The molecule has 0 spiro atoms. The lowest BCUT2D eigenvalue weighted by Crippen LogP contribution is -2.41. The molecule has 35 heavy (non-hydrogen) atoms. The maximum absolute atomic E-state index is 12.6. The van der Waals surface area contributed by atoms with E-state index < -0.39 is 11.8 Å². The summed E-state index contributed by atoms with van der Waals surface area (Å²) >= 11 is 5.86. The molecule has 0 aliphatic heterocycles. The van der Waals surface area contributed by atoms with Crippen molar-refractivity contribution in [3.8, 4) is 5.75 Å². The fourth-order valence-corrected chi connectivity index (χ4v) is 3.14. The minimum Gasteiger partial charge on any atom is -0.489 e. The Morgan fingerprint density at radius 3 is 1.74 bits per heavy atom. The van der Waals surface area contributed by atoms with E-state index in [0.29, 0.717) is 34.3 Å². The smallest absolute Gasteiger partial charge is 0.269 e. The molecule has 3 aromatic carbocycles. The lowest BCUT2D eigenvalue weighted by Gasteiger charge is -2.12. The van der Waals surface area contributed by atoms with Crippen LogP contribution in [0, 0.1) is 0 Å². The molecule has 0 saturated heterocycles. The maximum Gasteiger partial charge on any atom is 0.269 e. The number of halogens is 1. The molecule has 3 aromatic rings. The Labute approximate surface area is 206 Å². The fraction of sp³-hybridized carbons (Fsp3) is 0.120. The molecule has 4 amide bonds. The number of rotatable bonds is 7. The summed E-state index contributed by atoms with van der Waals surface area (Å²) in [5, 5.41) is 5.74. The summed E-state index contributed by atoms with van der Waals surface area (Å²) in [4.78, 5) is 47.8. The highest BCUT2D eigenvalue weighted by atomic mass is 35.5. The van der Waals surface area contributed by atoms with Crippen molar-refractivity contribution in [2.75, 3.05) is 10.6 Å². The summed E-state index contributed by atoms with van der Waals surface area (Å²) in [6.07, 6.45) is 0. The van der Waals surface area contributed by atoms with E-state index in [1.807, 2.05) is 0 Å². The predicted molar refractivity (Wildman–Crippen MR) is 132 cm³/mol. The minimum atomic E-state index is -0.634. The molecule has 10 heteroatoms. The van der Waals surface area contributed by atoms with Crippen LogP contribution in [0.15, 0.2) is 66.7 Å². The Morgan fingerprint density at radius 1 is 0.714 bits per heavy atom. The van der Waals surface area contributed by atoms with Crippen molar-refractivity contribution >= 4 is 46.6 Å². The van der Waals surface area contributed by atoms with E-state index in [0.717, 1.165) is 5.56 Å². The van der Waals surface area contributed by atoms with Gasteiger partial charge in [0.2, 0.25) is 11.8 Å². The second kappa shape index (κ2) is 11.7. The standard InChI is InChI=1S/C25H23ClN4O5/c1-15(31)27-21-11-19(12-22(13-21)28-16(2)32)25(34)30-29-24(33)18-5-3-17(4-6-18)14-35-23-9-7-20(26)8-10-23/h3-13H,14H2,1-2H3,(H,27,31)(H,28,32)(H,29,33)(H,30,34). The van der Waals surface area contributed by atoms with Gasteiger partial charge in [0.25, 0.3) is 11.8 Å². The van der Waals surface area contributed by atoms with Gasteiger partial charge in [-0.25, -0.2) is 0 Å². The number of hydrogen-bond donors (Lipinski definition) is 4. The Morgan fingerprint density at radius 2 is 1.23 bits per heavy atom. The number of carbonyl (C=O) groups excluding carboxylic acids is 4. The summed E-state index contributed by atoms with van der Waals surface area (Å²) in [5.74, 6) is -1.17. The minimum absolute atomic E-state index is 0.120. The van der Waals surface area contributed by atoms with E-state index in [1.165, 1.54) is 32.0 Å². The third-order valence-corrected chi connectivity index (χ3v) is 4.81. The number of benzene rings is 3. The van der Waals surface area contributed by atoms with E-state index in [1.54, 1.807) is 48.5 Å². The van der Waals surface area contributed by atoms with Gasteiger partial charge in [0.15, 0.2) is 0 Å². The van der Waals surface area contributed by atoms with Crippen LogP contribution in [0.25, 0.3) is 0 Å². The molecule has 0 saturated carbocycles. The molecule has 0 heterocycles. The SMILES string of the molecule is CC(=O)Nc1cc(NC(C)=O)cc(C(=O)NNC(=O)c2ccc(COc3ccc(Cl)cc3)cc2)c1. The van der Waals surface area contributed by atoms with Crippen LogP contribution in [-0.2, 0) is 16.2 Å². The van der Waals surface area contributed by atoms with Gasteiger partial charge in [0.05, 0.1) is 0 Å². The third-order valence-electron chi connectivity index (χ3n) is 4.56. The Kier molecular flexibility index (Phi) is 8.42. The van der Waals surface area contributed by atoms with Crippen LogP contribution in [0.3, 0.4) is 0 Å². The molecule has 0 unspecified atom stereocenters. The summed E-state index contributed by atoms with van der Waals surface area (Å²) < 4.78 is 5.67. The van der Waals surface area contributed by atoms with E-state index in [2.05, 4.69) is 21.5 Å². The second-order valence-corrected chi connectivity index (χ2v) is 7.95. The average Bonchev–Trinajstić information content (AvgIpc) is 2.81. The Bertz CT molecular complexity index is 1210. The van der Waals surface area contributed by atoms with Crippen molar-refractivity contribution in [1.82, 2.24) is 10.9 Å². The van der Waals surface area contributed by atoms with E-state index in [-0.39, 0.29) is 17.4 Å². The molecule has 9 nitrogen and oxygen atoms in total. The molecule has 0 bridgehead atoms. The molecular formula is C25H23ClN4O5. The number of nitrogens with one attached hydrogen (secondary N) is 4. The van der Waals surface area contributed by atoms with Crippen LogP contribution in [0.5, 0.6) is 5.75 Å².